The first-order valence-electron chi connectivity index (χ1n) is 12.5. The van der Waals surface area contributed by atoms with Crippen LogP contribution in [0.4, 0.5) is 0 Å². The standard InChI is InChI=1S/C32H26N2O3S2/c1-2-27(24-11-5-3-6-12-24)31(25-13-7-4-8-14-25)26-20-17-23(18-21-26)19-22-30(35)34-39(36,37)32-33-28-15-9-10-16-29(28)38-32/h3-22H,2H2,1H3,(H,34,35). The molecule has 0 radical (unpaired) electrons. The smallest absolute Gasteiger partial charge is 0.269 e. The van der Waals surface area contributed by atoms with Crippen molar-refractivity contribution in [2.24, 2.45) is 0 Å². The molecule has 0 bridgehead atoms. The van der Waals surface area contributed by atoms with Crippen LogP contribution in [-0.4, -0.2) is 19.3 Å². The van der Waals surface area contributed by atoms with Crippen molar-refractivity contribution >= 4 is 54.7 Å². The molecule has 0 saturated heterocycles. The van der Waals surface area contributed by atoms with Crippen LogP contribution in [-0.2, 0) is 14.8 Å². The monoisotopic (exact) mass is 550 g/mol. The van der Waals surface area contributed by atoms with Crippen molar-refractivity contribution in [2.75, 3.05) is 0 Å². The first kappa shape index (κ1) is 26.3. The minimum atomic E-state index is -4.06. The predicted octanol–water partition coefficient (Wildman–Crippen LogP) is 7.18. The van der Waals surface area contributed by atoms with E-state index in [9.17, 15) is 13.2 Å². The Morgan fingerprint density at radius 3 is 2.03 bits per heavy atom. The molecule has 7 heteroatoms. The zero-order valence-corrected chi connectivity index (χ0v) is 22.9. The van der Waals surface area contributed by atoms with Gasteiger partial charge in [-0.3, -0.25) is 4.79 Å². The zero-order chi connectivity index (χ0) is 27.2. The summed E-state index contributed by atoms with van der Waals surface area (Å²) in [5.41, 5.74) is 7.10. The fourth-order valence-corrected chi connectivity index (χ4v) is 6.56. The highest BCUT2D eigenvalue weighted by atomic mass is 32.2. The van der Waals surface area contributed by atoms with Crippen molar-refractivity contribution in [2.45, 2.75) is 17.7 Å². The number of amides is 1. The molecule has 39 heavy (non-hydrogen) atoms. The molecule has 0 saturated carbocycles. The third-order valence-electron chi connectivity index (χ3n) is 6.21. The van der Waals surface area contributed by atoms with E-state index in [-0.39, 0.29) is 4.34 Å². The number of allylic oxidation sites excluding steroid dienone is 1. The Balaban J connectivity index is 1.38. The Morgan fingerprint density at radius 2 is 1.38 bits per heavy atom. The lowest BCUT2D eigenvalue weighted by Crippen LogP contribution is -2.28. The largest absolute Gasteiger partial charge is 0.291 e. The summed E-state index contributed by atoms with van der Waals surface area (Å²) in [6.45, 7) is 2.16. The van der Waals surface area contributed by atoms with Gasteiger partial charge in [0, 0.05) is 6.08 Å². The highest BCUT2D eigenvalue weighted by molar-refractivity contribution is 7.92. The minimum absolute atomic E-state index is 0.139. The average Bonchev–Trinajstić information content (AvgIpc) is 3.42. The van der Waals surface area contributed by atoms with E-state index < -0.39 is 15.9 Å². The maximum absolute atomic E-state index is 12.7. The quantitative estimate of drug-likeness (QED) is 0.164. The fraction of sp³-hybridized carbons (Fsp3) is 0.0625. The molecular weight excluding hydrogens is 524 g/mol. The lowest BCUT2D eigenvalue weighted by Gasteiger charge is -2.16. The van der Waals surface area contributed by atoms with E-state index in [1.54, 1.807) is 24.3 Å². The molecule has 0 aliphatic heterocycles. The summed E-state index contributed by atoms with van der Waals surface area (Å²) >= 11 is 1.02. The number of thiazole rings is 1. The number of aromatic nitrogens is 1. The number of benzene rings is 4. The Morgan fingerprint density at radius 1 is 0.795 bits per heavy atom. The van der Waals surface area contributed by atoms with Crippen molar-refractivity contribution in [1.29, 1.82) is 0 Å². The van der Waals surface area contributed by atoms with Gasteiger partial charge in [0.15, 0.2) is 0 Å². The van der Waals surface area contributed by atoms with E-state index in [2.05, 4.69) is 40.9 Å². The number of hydrogen-bond acceptors (Lipinski definition) is 5. The van der Waals surface area contributed by atoms with E-state index >= 15 is 0 Å². The van der Waals surface area contributed by atoms with E-state index in [4.69, 9.17) is 0 Å². The molecular formula is C32H26N2O3S2. The van der Waals surface area contributed by atoms with Crippen LogP contribution in [0.15, 0.2) is 120 Å². The Hall–Kier alpha value is -4.33. The molecule has 194 valence electrons. The van der Waals surface area contributed by atoms with Crippen LogP contribution in [0.3, 0.4) is 0 Å². The number of para-hydroxylation sites is 1. The maximum Gasteiger partial charge on any atom is 0.291 e. The number of carbonyl (C=O) groups excluding carboxylic acids is 1. The third kappa shape index (κ3) is 6.06. The van der Waals surface area contributed by atoms with Crippen molar-refractivity contribution in [3.05, 3.63) is 138 Å². The molecule has 1 N–H and O–H groups in total. The summed E-state index contributed by atoms with van der Waals surface area (Å²) in [4.78, 5) is 16.6. The van der Waals surface area contributed by atoms with Crippen LogP contribution in [0.2, 0.25) is 0 Å². The maximum atomic E-state index is 12.7. The first-order valence-corrected chi connectivity index (χ1v) is 14.8. The van der Waals surface area contributed by atoms with Gasteiger partial charge in [-0.05, 0) is 58.0 Å². The Labute approximate surface area is 232 Å². The number of hydrogen-bond donors (Lipinski definition) is 1. The van der Waals surface area contributed by atoms with E-state index in [0.29, 0.717) is 5.52 Å². The number of fused-ring (bicyclic) bond motifs is 1. The third-order valence-corrected chi connectivity index (χ3v) is 8.97. The molecule has 4 aromatic carbocycles. The van der Waals surface area contributed by atoms with Gasteiger partial charge in [0.2, 0.25) is 4.34 Å². The zero-order valence-electron chi connectivity index (χ0n) is 21.2. The molecule has 0 fully saturated rings. The molecule has 5 nitrogen and oxygen atoms in total. The van der Waals surface area contributed by atoms with Gasteiger partial charge in [0.25, 0.3) is 15.9 Å². The normalized spacial score (nSPS) is 12.4. The highest BCUT2D eigenvalue weighted by Crippen LogP contribution is 2.34. The molecule has 1 aromatic heterocycles. The average molecular weight is 551 g/mol. The number of nitrogens with one attached hydrogen (secondary N) is 1. The fourth-order valence-electron chi connectivity index (χ4n) is 4.39. The van der Waals surface area contributed by atoms with Crippen LogP contribution in [0.25, 0.3) is 27.4 Å². The van der Waals surface area contributed by atoms with Crippen LogP contribution >= 0.6 is 11.3 Å². The van der Waals surface area contributed by atoms with Crippen LogP contribution in [0, 0.1) is 0 Å². The lowest BCUT2D eigenvalue weighted by atomic mass is 9.88. The second-order valence-corrected chi connectivity index (χ2v) is 11.7. The van der Waals surface area contributed by atoms with Gasteiger partial charge in [-0.15, -0.1) is 11.3 Å². The Kier molecular flexibility index (Phi) is 7.81. The Bertz CT molecular complexity index is 1740. The van der Waals surface area contributed by atoms with Gasteiger partial charge in [0.05, 0.1) is 10.2 Å². The summed E-state index contributed by atoms with van der Waals surface area (Å²) in [6.07, 6.45) is 3.67. The molecule has 1 heterocycles. The molecule has 5 aromatic rings. The van der Waals surface area contributed by atoms with Crippen molar-refractivity contribution < 1.29 is 13.2 Å². The predicted molar refractivity (Wildman–Crippen MR) is 160 cm³/mol. The van der Waals surface area contributed by atoms with Gasteiger partial charge < -0.3 is 0 Å². The highest BCUT2D eigenvalue weighted by Gasteiger charge is 2.21. The lowest BCUT2D eigenvalue weighted by molar-refractivity contribution is -0.114. The summed E-state index contributed by atoms with van der Waals surface area (Å²) < 4.78 is 28.0. The molecule has 5 rings (SSSR count). The SMILES string of the molecule is CCC(=C(c1ccccc1)c1ccc(C=CC(=O)NS(=O)(=O)c2nc3ccccc3s2)cc1)c1ccccc1. The molecule has 0 spiro atoms. The van der Waals surface area contributed by atoms with Crippen molar-refractivity contribution in [3.63, 3.8) is 0 Å². The number of nitrogens with zero attached hydrogens (tertiary/aromatic N) is 1. The summed E-state index contributed by atoms with van der Waals surface area (Å²) in [5, 5.41) is 0. The van der Waals surface area contributed by atoms with Crippen molar-refractivity contribution in [1.82, 2.24) is 9.71 Å². The first-order chi connectivity index (χ1) is 18.9. The van der Waals surface area contributed by atoms with E-state index in [1.165, 1.54) is 17.2 Å². The molecule has 0 atom stereocenters. The number of carbonyl (C=O) groups is 1. The minimum Gasteiger partial charge on any atom is -0.269 e. The summed E-state index contributed by atoms with van der Waals surface area (Å²) in [7, 11) is -4.06. The van der Waals surface area contributed by atoms with Gasteiger partial charge in [0.1, 0.15) is 0 Å². The van der Waals surface area contributed by atoms with Gasteiger partial charge in [-0.1, -0.05) is 104 Å². The van der Waals surface area contributed by atoms with Crippen LogP contribution < -0.4 is 4.72 Å². The molecule has 0 aliphatic rings. The van der Waals surface area contributed by atoms with Gasteiger partial charge >= 0.3 is 0 Å². The molecule has 0 aliphatic carbocycles. The number of sulfonamides is 1. The summed E-state index contributed by atoms with van der Waals surface area (Å²) in [6, 6.07) is 35.7. The molecule has 1 amide bonds. The topological polar surface area (TPSA) is 76.1 Å². The molecule has 0 unspecified atom stereocenters. The van der Waals surface area contributed by atoms with Crippen LogP contribution in [0.5, 0.6) is 0 Å². The summed E-state index contributed by atoms with van der Waals surface area (Å²) in [5.74, 6) is -0.736. The van der Waals surface area contributed by atoms with Crippen LogP contribution in [0.1, 0.15) is 35.6 Å². The second-order valence-electron chi connectivity index (χ2n) is 8.81. The van der Waals surface area contributed by atoms with Crippen molar-refractivity contribution in [3.8, 4) is 0 Å². The van der Waals surface area contributed by atoms with E-state index in [1.807, 2.05) is 66.7 Å². The van der Waals surface area contributed by atoms with E-state index in [0.717, 1.165) is 44.7 Å². The van der Waals surface area contributed by atoms with Gasteiger partial charge in [-0.25, -0.2) is 9.71 Å². The number of rotatable bonds is 8. The second kappa shape index (κ2) is 11.6. The van der Waals surface area contributed by atoms with Gasteiger partial charge in [-0.2, -0.15) is 8.42 Å².